The van der Waals surface area contributed by atoms with E-state index in [9.17, 15) is 0 Å². The second kappa shape index (κ2) is 13.2. The van der Waals surface area contributed by atoms with Gasteiger partial charge in [0.25, 0.3) is 0 Å². The Morgan fingerprint density at radius 1 is 0.429 bits per heavy atom. The van der Waals surface area contributed by atoms with Gasteiger partial charge in [-0.15, -0.1) is 0 Å². The van der Waals surface area contributed by atoms with Gasteiger partial charge in [-0.3, -0.25) is 0 Å². The minimum atomic E-state index is -0.149. The molecule has 1 aliphatic heterocycles. The van der Waals surface area contributed by atoms with Crippen molar-refractivity contribution in [3.63, 3.8) is 0 Å². The zero-order valence-corrected chi connectivity index (χ0v) is 30.4. The fourth-order valence-corrected chi connectivity index (χ4v) is 8.19. The van der Waals surface area contributed by atoms with Crippen molar-refractivity contribution in [1.29, 1.82) is 0 Å². The van der Waals surface area contributed by atoms with Crippen molar-refractivity contribution in [3.05, 3.63) is 222 Å². The zero-order valence-electron chi connectivity index (χ0n) is 30.4. The third kappa shape index (κ3) is 5.50. The summed E-state index contributed by atoms with van der Waals surface area (Å²) in [4.78, 5) is 5.09. The molecule has 1 atom stereocenters. The molecule has 0 saturated carbocycles. The molecule has 0 saturated heterocycles. The Morgan fingerprint density at radius 2 is 0.929 bits per heavy atom. The molecule has 56 heavy (non-hydrogen) atoms. The van der Waals surface area contributed by atoms with E-state index >= 15 is 0 Å². The van der Waals surface area contributed by atoms with Crippen molar-refractivity contribution >= 4 is 55.3 Å². The average molecular weight is 717 g/mol. The largest absolute Gasteiger partial charge is 0.456 e. The van der Waals surface area contributed by atoms with Crippen LogP contribution in [0.25, 0.3) is 82.7 Å². The van der Waals surface area contributed by atoms with E-state index in [1.807, 2.05) is 24.3 Å². The quantitative estimate of drug-likeness (QED) is 0.169. The van der Waals surface area contributed by atoms with Crippen LogP contribution in [0.5, 0.6) is 0 Å². The molecule has 2 aromatic heterocycles. The molecule has 8 aromatic carbocycles. The minimum absolute atomic E-state index is 0.149. The van der Waals surface area contributed by atoms with Gasteiger partial charge < -0.3 is 19.3 Å². The number of hydrogen-bond donors (Lipinski definition) is 0. The summed E-state index contributed by atoms with van der Waals surface area (Å²) in [5.41, 5.74) is 13.7. The molecule has 0 N–H and O–H groups in total. The third-order valence-corrected chi connectivity index (χ3v) is 11.0. The number of benzene rings is 8. The van der Waals surface area contributed by atoms with Crippen molar-refractivity contribution < 1.29 is 4.42 Å². The number of fused-ring (bicyclic) bond motifs is 6. The van der Waals surface area contributed by atoms with Crippen molar-refractivity contribution in [1.82, 2.24) is 4.57 Å². The Labute approximate surface area is 324 Å². The zero-order chi connectivity index (χ0) is 37.0. The maximum atomic E-state index is 6.73. The Morgan fingerprint density at radius 3 is 1.54 bits per heavy atom. The van der Waals surface area contributed by atoms with Gasteiger partial charge in [0, 0.05) is 39.3 Å². The number of hydrogen-bond acceptors (Lipinski definition) is 2. The maximum absolute atomic E-state index is 6.73. The molecule has 3 heterocycles. The molecule has 0 amide bonds. The lowest BCUT2D eigenvalue weighted by Crippen LogP contribution is -2.10. The number of furan rings is 1. The average Bonchev–Trinajstić information content (AvgIpc) is 3.81. The van der Waals surface area contributed by atoms with Crippen LogP contribution < -0.4 is 0 Å². The SMILES string of the molecule is C1=C(c2ccccc2)N=C(c2ccc3c(c2)oc2cc(-n4c5cc(-c6ccccc6)ccc5c5ccc(-c6ccccc6)cc54)ccc23)[N-]C1c1ccccc1. The highest BCUT2D eigenvalue weighted by molar-refractivity contribution is 6.16. The fraction of sp³-hybridized carbons (Fsp3) is 0.0192. The number of aliphatic imine (C=N–C) groups is 1. The lowest BCUT2D eigenvalue weighted by molar-refractivity contribution is 0.668. The van der Waals surface area contributed by atoms with Crippen molar-refractivity contribution in [2.24, 2.45) is 4.99 Å². The van der Waals surface area contributed by atoms with Crippen LogP contribution in [0.15, 0.2) is 210 Å². The van der Waals surface area contributed by atoms with E-state index in [2.05, 4.69) is 181 Å². The predicted octanol–water partition coefficient (Wildman–Crippen LogP) is 13.9. The van der Waals surface area contributed by atoms with Gasteiger partial charge >= 0.3 is 0 Å². The Kier molecular flexibility index (Phi) is 7.52. The molecular weight excluding hydrogens is 683 g/mol. The van der Waals surface area contributed by atoms with Gasteiger partial charge in [-0.2, -0.15) is 0 Å². The van der Waals surface area contributed by atoms with Crippen LogP contribution in [0.2, 0.25) is 0 Å². The van der Waals surface area contributed by atoms with Crippen LogP contribution in [0, 0.1) is 0 Å². The van der Waals surface area contributed by atoms with Crippen LogP contribution in [0.4, 0.5) is 0 Å². The van der Waals surface area contributed by atoms with E-state index in [4.69, 9.17) is 14.7 Å². The summed E-state index contributed by atoms with van der Waals surface area (Å²) in [6.45, 7) is 0. The molecule has 0 bridgehead atoms. The molecule has 1 unspecified atom stereocenters. The number of aromatic nitrogens is 1. The summed E-state index contributed by atoms with van der Waals surface area (Å²) >= 11 is 0. The van der Waals surface area contributed by atoms with Crippen molar-refractivity contribution in [2.75, 3.05) is 0 Å². The van der Waals surface area contributed by atoms with E-state index in [1.54, 1.807) is 0 Å². The van der Waals surface area contributed by atoms with Crippen molar-refractivity contribution in [2.45, 2.75) is 6.04 Å². The first-order valence-electron chi connectivity index (χ1n) is 19.0. The summed E-state index contributed by atoms with van der Waals surface area (Å²) in [7, 11) is 0. The maximum Gasteiger partial charge on any atom is 0.137 e. The van der Waals surface area contributed by atoms with Crippen LogP contribution in [0.3, 0.4) is 0 Å². The fourth-order valence-electron chi connectivity index (χ4n) is 8.19. The molecular formula is C52H34N3O-. The molecule has 0 aliphatic carbocycles. The number of amidine groups is 1. The standard InChI is InChI=1S/C52H34N3O/c1-5-13-34(14-6-1)38-21-25-42-43-26-22-39(35-15-7-2-8-16-35)30-49(43)55(48(42)29-38)41-24-28-45-44-27-23-40(31-50(44)56-51(45)32-41)52-53-46(36-17-9-3-10-18-36)33-47(54-52)37-19-11-4-12-20-37/h1-33,46H/q-1. The van der Waals surface area contributed by atoms with Gasteiger partial charge in [0.05, 0.1) is 11.0 Å². The lowest BCUT2D eigenvalue weighted by atomic mass is 10.00. The smallest absolute Gasteiger partial charge is 0.137 e. The highest BCUT2D eigenvalue weighted by atomic mass is 16.3. The molecule has 4 heteroatoms. The molecule has 264 valence electrons. The topological polar surface area (TPSA) is 44.5 Å². The predicted molar refractivity (Wildman–Crippen MR) is 232 cm³/mol. The summed E-state index contributed by atoms with van der Waals surface area (Å²) in [5, 5.41) is 9.70. The molecule has 1 aliphatic rings. The van der Waals surface area contributed by atoms with Gasteiger partial charge in [-0.05, 0) is 81.0 Å². The molecule has 11 rings (SSSR count). The molecule has 0 spiro atoms. The van der Waals surface area contributed by atoms with E-state index in [0.29, 0.717) is 5.84 Å². The van der Waals surface area contributed by atoms with E-state index in [0.717, 1.165) is 61.0 Å². The third-order valence-electron chi connectivity index (χ3n) is 11.0. The summed E-state index contributed by atoms with van der Waals surface area (Å²) in [6.07, 6.45) is 2.15. The van der Waals surface area contributed by atoms with E-state index in [-0.39, 0.29) is 6.04 Å². The highest BCUT2D eigenvalue weighted by Crippen LogP contribution is 2.40. The minimum Gasteiger partial charge on any atom is -0.456 e. The van der Waals surface area contributed by atoms with Gasteiger partial charge in [0.1, 0.15) is 11.2 Å². The van der Waals surface area contributed by atoms with Gasteiger partial charge in [0.15, 0.2) is 0 Å². The second-order valence-electron chi connectivity index (χ2n) is 14.4. The molecule has 0 radical (unpaired) electrons. The molecule has 0 fully saturated rings. The first-order valence-corrected chi connectivity index (χ1v) is 19.0. The van der Waals surface area contributed by atoms with Crippen molar-refractivity contribution in [3.8, 4) is 27.9 Å². The number of rotatable bonds is 6. The molecule has 4 nitrogen and oxygen atoms in total. The monoisotopic (exact) mass is 716 g/mol. The van der Waals surface area contributed by atoms with Gasteiger partial charge in [-0.1, -0.05) is 164 Å². The summed E-state index contributed by atoms with van der Waals surface area (Å²) in [6, 6.07) is 68.3. The molecule has 10 aromatic rings. The van der Waals surface area contributed by atoms with Crippen LogP contribution in [-0.2, 0) is 0 Å². The van der Waals surface area contributed by atoms with Gasteiger partial charge in [0.2, 0.25) is 0 Å². The second-order valence-corrected chi connectivity index (χ2v) is 14.4. The summed E-state index contributed by atoms with van der Waals surface area (Å²) < 4.78 is 9.12. The normalized spacial score (nSPS) is 14.2. The highest BCUT2D eigenvalue weighted by Gasteiger charge is 2.18. The first kappa shape index (κ1) is 32.0. The van der Waals surface area contributed by atoms with Crippen LogP contribution in [-0.4, -0.2) is 10.4 Å². The summed E-state index contributed by atoms with van der Waals surface area (Å²) in [5.74, 6) is 0.692. The first-order chi connectivity index (χ1) is 27.7. The number of nitrogens with zero attached hydrogens (tertiary/aromatic N) is 3. The van der Waals surface area contributed by atoms with Crippen LogP contribution in [0.1, 0.15) is 22.7 Å². The van der Waals surface area contributed by atoms with E-state index in [1.165, 1.54) is 33.0 Å². The Bertz CT molecular complexity index is 3040. The van der Waals surface area contributed by atoms with Gasteiger partial charge in [-0.25, -0.2) is 0 Å². The van der Waals surface area contributed by atoms with Crippen LogP contribution >= 0.6 is 0 Å². The van der Waals surface area contributed by atoms with E-state index < -0.39 is 0 Å². The lowest BCUT2D eigenvalue weighted by Gasteiger charge is -2.33. The Hall–Kier alpha value is -7.43. The Balaban J connectivity index is 1.05.